The molecule has 2 N–H and O–H groups in total. The molecule has 0 saturated carbocycles. The number of ether oxygens (including phenoxy) is 4. The van der Waals surface area contributed by atoms with Crippen molar-refractivity contribution in [2.24, 2.45) is 0 Å². The van der Waals surface area contributed by atoms with Gasteiger partial charge in [0.05, 0.1) is 11.1 Å². The molecule has 2 aromatic heterocycles. The Balaban J connectivity index is 0.815. The summed E-state index contributed by atoms with van der Waals surface area (Å²) in [5, 5.41) is 21.2. The Bertz CT molecular complexity index is 2480. The van der Waals surface area contributed by atoms with Crippen molar-refractivity contribution in [1.29, 1.82) is 0 Å². The number of aromatic nitrogens is 2. The quantitative estimate of drug-likeness (QED) is 0.0699. The maximum Gasteiger partial charge on any atom is 0.349 e. The third-order valence-electron chi connectivity index (χ3n) is 8.39. The van der Waals surface area contributed by atoms with Crippen molar-refractivity contribution in [2.45, 2.75) is 0 Å². The first-order chi connectivity index (χ1) is 27.3. The second-order valence-electron chi connectivity index (χ2n) is 12.2. The van der Waals surface area contributed by atoms with Crippen molar-refractivity contribution in [3.63, 3.8) is 0 Å². The first-order valence-electron chi connectivity index (χ1n) is 17.1. The molecule has 8 aromatic rings. The number of hydrogen-bond donors (Lipinski definition) is 2. The lowest BCUT2D eigenvalue weighted by Crippen LogP contribution is -2.18. The van der Waals surface area contributed by atoms with Crippen LogP contribution in [0.15, 0.2) is 142 Å². The van der Waals surface area contributed by atoms with E-state index in [0.29, 0.717) is 34.4 Å². The second kappa shape index (κ2) is 15.2. The van der Waals surface area contributed by atoms with Crippen molar-refractivity contribution in [3.05, 3.63) is 145 Å². The van der Waals surface area contributed by atoms with Crippen LogP contribution in [0.5, 0.6) is 34.5 Å². The van der Waals surface area contributed by atoms with Crippen LogP contribution in [0.1, 0.15) is 15.9 Å². The predicted molar refractivity (Wildman–Crippen MR) is 201 cm³/mol. The molecule has 13 heteroatoms. The number of nitrogens with zero attached hydrogens (tertiary/aromatic N) is 2. The van der Waals surface area contributed by atoms with Crippen LogP contribution < -0.4 is 18.9 Å². The van der Waals surface area contributed by atoms with Gasteiger partial charge in [0.15, 0.2) is 30.2 Å². The molecule has 0 aliphatic heterocycles. The van der Waals surface area contributed by atoms with E-state index in [9.17, 15) is 24.6 Å². The lowest BCUT2D eigenvalue weighted by molar-refractivity contribution is -0.137. The van der Waals surface area contributed by atoms with Crippen LogP contribution in [0.2, 0.25) is 0 Å². The van der Waals surface area contributed by atoms with Gasteiger partial charge in [0.2, 0.25) is 11.8 Å². The maximum absolute atomic E-state index is 13.2. The zero-order valence-corrected chi connectivity index (χ0v) is 29.1. The molecule has 56 heavy (non-hydrogen) atoms. The Hall–Kier alpha value is -7.93. The maximum atomic E-state index is 13.2. The van der Waals surface area contributed by atoms with E-state index in [1.807, 2.05) is 48.5 Å². The van der Waals surface area contributed by atoms with Gasteiger partial charge in [-0.05, 0) is 97.1 Å². The average molecular weight is 749 g/mol. The van der Waals surface area contributed by atoms with Crippen LogP contribution in [0.25, 0.3) is 45.1 Å². The molecule has 0 saturated heterocycles. The number of rotatable bonds is 12. The Morgan fingerprint density at radius 1 is 0.500 bits per heavy atom. The summed E-state index contributed by atoms with van der Waals surface area (Å²) in [6.45, 7) is -0.869. The van der Waals surface area contributed by atoms with Crippen LogP contribution in [-0.4, -0.2) is 51.1 Å². The number of fused-ring (bicyclic) bond motifs is 2. The summed E-state index contributed by atoms with van der Waals surface area (Å²) in [6, 6.07) is 35.8. The fraction of sp³-hybridized carbons (Fsp3) is 0.0465. The van der Waals surface area contributed by atoms with Crippen LogP contribution in [0.4, 0.5) is 0 Å². The minimum atomic E-state index is -0.755. The van der Waals surface area contributed by atoms with Crippen molar-refractivity contribution in [1.82, 2.24) is 9.97 Å². The fourth-order valence-corrected chi connectivity index (χ4v) is 5.66. The van der Waals surface area contributed by atoms with E-state index in [4.69, 9.17) is 27.8 Å². The highest BCUT2D eigenvalue weighted by Crippen LogP contribution is 2.32. The summed E-state index contributed by atoms with van der Waals surface area (Å²) in [5.74, 6) is -1.60. The molecule has 0 unspecified atom stereocenters. The zero-order valence-electron chi connectivity index (χ0n) is 29.1. The molecule has 0 radical (unpaired) electrons. The molecule has 0 aliphatic rings. The van der Waals surface area contributed by atoms with Gasteiger partial charge in [0.1, 0.15) is 45.5 Å². The Morgan fingerprint density at radius 3 is 1.29 bits per heavy atom. The van der Waals surface area contributed by atoms with E-state index in [0.717, 1.165) is 34.3 Å². The third-order valence-corrected chi connectivity index (χ3v) is 8.39. The number of hydrogen-bond acceptors (Lipinski definition) is 13. The molecule has 0 fully saturated rings. The van der Waals surface area contributed by atoms with Crippen molar-refractivity contribution >= 4 is 39.9 Å². The van der Waals surface area contributed by atoms with E-state index in [2.05, 4.69) is 9.97 Å². The number of phenols is 2. The van der Waals surface area contributed by atoms with Gasteiger partial charge in [0, 0.05) is 23.3 Å². The lowest BCUT2D eigenvalue weighted by atomic mass is 10.0. The van der Waals surface area contributed by atoms with Crippen LogP contribution >= 0.6 is 0 Å². The number of ketones is 1. The van der Waals surface area contributed by atoms with Crippen LogP contribution in [-0.2, 0) is 9.59 Å². The zero-order chi connectivity index (χ0) is 38.6. The van der Waals surface area contributed by atoms with Crippen LogP contribution in [0, 0.1) is 0 Å². The summed E-state index contributed by atoms with van der Waals surface area (Å²) < 4.78 is 33.1. The van der Waals surface area contributed by atoms with Crippen LogP contribution in [0.3, 0.4) is 0 Å². The smallest absolute Gasteiger partial charge is 0.349 e. The van der Waals surface area contributed by atoms with Gasteiger partial charge in [-0.15, -0.1) is 0 Å². The van der Waals surface area contributed by atoms with E-state index in [-0.39, 0.29) is 22.6 Å². The van der Waals surface area contributed by atoms with E-state index in [1.165, 1.54) is 24.3 Å². The molecular weight excluding hydrogens is 720 g/mol. The van der Waals surface area contributed by atoms with Crippen molar-refractivity contribution in [3.8, 4) is 57.4 Å². The second-order valence-corrected chi connectivity index (χ2v) is 12.2. The summed E-state index contributed by atoms with van der Waals surface area (Å²) in [6.07, 6.45) is 0. The summed E-state index contributed by atoms with van der Waals surface area (Å²) >= 11 is 0. The summed E-state index contributed by atoms with van der Waals surface area (Å²) in [7, 11) is 0. The Labute approximate surface area is 316 Å². The molecule has 0 spiro atoms. The molecule has 13 nitrogen and oxygen atoms in total. The van der Waals surface area contributed by atoms with Crippen molar-refractivity contribution in [2.75, 3.05) is 13.2 Å². The molecule has 2 heterocycles. The van der Waals surface area contributed by atoms with Crippen molar-refractivity contribution < 1.29 is 52.4 Å². The first-order valence-corrected chi connectivity index (χ1v) is 17.1. The van der Waals surface area contributed by atoms with E-state index >= 15 is 0 Å². The highest BCUT2D eigenvalue weighted by molar-refractivity contribution is 6.12. The number of esters is 2. The standard InChI is InChI=1S/C43H28N2O11/c46-35-21-29(53-39(48)23-51-27-13-9-25(10-14-27)42-44-33-5-1-3-7-37(33)55-42)17-19-31(35)41(50)32-20-18-30(22-36(32)47)54-40(49)24-52-28-15-11-26(12-16-28)43-45-34-6-2-4-8-38(34)56-43/h1-22,46-47H,23-24H2. The molecule has 6 aromatic carbocycles. The average Bonchev–Trinajstić information content (AvgIpc) is 3.85. The fourth-order valence-electron chi connectivity index (χ4n) is 5.66. The lowest BCUT2D eigenvalue weighted by Gasteiger charge is -2.11. The molecule has 0 amide bonds. The number of aromatic hydroxyl groups is 2. The van der Waals surface area contributed by atoms with Gasteiger partial charge in [-0.1, -0.05) is 24.3 Å². The van der Waals surface area contributed by atoms with Gasteiger partial charge in [-0.2, -0.15) is 0 Å². The number of carbonyl (C=O) groups excluding carboxylic acids is 3. The monoisotopic (exact) mass is 748 g/mol. The molecule has 276 valence electrons. The van der Waals surface area contributed by atoms with E-state index in [1.54, 1.807) is 48.5 Å². The number of carbonyl (C=O) groups is 3. The first kappa shape index (κ1) is 35.1. The largest absolute Gasteiger partial charge is 0.507 e. The SMILES string of the molecule is O=C(COc1ccc(-c2nc3ccccc3o2)cc1)Oc1ccc(C(=O)c2ccc(OC(=O)COc3ccc(-c4nc5ccccc5o4)cc3)cc2O)c(O)c1. The minimum Gasteiger partial charge on any atom is -0.507 e. The van der Waals surface area contributed by atoms with Gasteiger partial charge in [0.25, 0.3) is 0 Å². The molecular formula is C43H28N2O11. The highest BCUT2D eigenvalue weighted by Gasteiger charge is 2.20. The molecule has 0 bridgehead atoms. The van der Waals surface area contributed by atoms with Gasteiger partial charge >= 0.3 is 11.9 Å². The molecule has 0 aliphatic carbocycles. The highest BCUT2D eigenvalue weighted by atomic mass is 16.6. The number of benzene rings is 6. The van der Waals surface area contributed by atoms with Gasteiger partial charge < -0.3 is 38.0 Å². The van der Waals surface area contributed by atoms with Gasteiger partial charge in [-0.25, -0.2) is 19.6 Å². The van der Waals surface area contributed by atoms with E-state index < -0.39 is 42.4 Å². The number of para-hydroxylation sites is 4. The normalized spacial score (nSPS) is 11.0. The Kier molecular flexibility index (Phi) is 9.53. The number of oxazole rings is 2. The Morgan fingerprint density at radius 2 is 0.893 bits per heavy atom. The van der Waals surface area contributed by atoms with Gasteiger partial charge in [-0.3, -0.25) is 4.79 Å². The summed E-state index contributed by atoms with van der Waals surface area (Å²) in [4.78, 5) is 47.1. The minimum absolute atomic E-state index is 0.0354. The third kappa shape index (κ3) is 7.72. The molecule has 8 rings (SSSR count). The topological polar surface area (TPSA) is 181 Å². The predicted octanol–water partition coefficient (Wildman–Crippen LogP) is 7.91. The number of phenolic OH excluding ortho intramolecular Hbond substituents is 2. The molecule has 0 atom stereocenters. The summed E-state index contributed by atoms with van der Waals surface area (Å²) in [5.41, 5.74) is 3.93.